The molecule has 3 aromatic heterocycles. The highest BCUT2D eigenvalue weighted by atomic mass is 35.5. The van der Waals surface area contributed by atoms with Crippen LogP contribution in [-0.2, 0) is 22.3 Å². The van der Waals surface area contributed by atoms with Gasteiger partial charge in [-0.15, -0.1) is 11.3 Å². The zero-order chi connectivity index (χ0) is 20.1. The van der Waals surface area contributed by atoms with E-state index in [1.54, 1.807) is 19.1 Å². The number of pyridine rings is 1. The molecule has 28 heavy (non-hydrogen) atoms. The quantitative estimate of drug-likeness (QED) is 0.518. The van der Waals surface area contributed by atoms with Crippen molar-refractivity contribution >= 4 is 39.9 Å². The van der Waals surface area contributed by atoms with Gasteiger partial charge in [0.1, 0.15) is 6.54 Å². The molecule has 1 aliphatic carbocycles. The lowest BCUT2D eigenvalue weighted by Gasteiger charge is -2.11. The number of nitrogens with zero attached hydrogens (tertiary/aromatic N) is 3. The van der Waals surface area contributed by atoms with Crippen LogP contribution in [0.3, 0.4) is 0 Å². The number of alkyl halides is 3. The predicted octanol–water partition coefficient (Wildman–Crippen LogP) is 5.27. The Morgan fingerprint density at radius 2 is 2.14 bits per heavy atom. The number of fused-ring (bicyclic) bond motifs is 1. The average Bonchev–Trinajstić information content (AvgIpc) is 3.28. The smallest absolute Gasteiger partial charge is 0.417 e. The van der Waals surface area contributed by atoms with Crippen molar-refractivity contribution in [3.05, 3.63) is 33.8 Å². The van der Waals surface area contributed by atoms with Crippen LogP contribution in [-0.4, -0.2) is 27.3 Å². The third-order valence-corrected chi connectivity index (χ3v) is 5.66. The molecule has 4 rings (SSSR count). The minimum absolute atomic E-state index is 0.0318. The number of hydrogen-bond acceptors (Lipinski definition) is 5. The lowest BCUT2D eigenvalue weighted by atomic mass is 10.1. The van der Waals surface area contributed by atoms with Gasteiger partial charge in [-0.05, 0) is 38.0 Å². The second-order valence-electron chi connectivity index (χ2n) is 6.48. The van der Waals surface area contributed by atoms with Crippen LogP contribution < -0.4 is 0 Å². The van der Waals surface area contributed by atoms with Gasteiger partial charge in [-0.1, -0.05) is 11.6 Å². The van der Waals surface area contributed by atoms with Crippen LogP contribution in [0.4, 0.5) is 13.2 Å². The molecule has 0 atom stereocenters. The van der Waals surface area contributed by atoms with Gasteiger partial charge in [-0.2, -0.15) is 18.3 Å². The van der Waals surface area contributed by atoms with E-state index in [4.69, 9.17) is 16.3 Å². The Bertz CT molecular complexity index is 1060. The summed E-state index contributed by atoms with van der Waals surface area (Å²) >= 11 is 7.07. The molecule has 5 nitrogen and oxygen atoms in total. The maximum Gasteiger partial charge on any atom is 0.417 e. The summed E-state index contributed by atoms with van der Waals surface area (Å²) in [6.45, 7) is 1.54. The predicted molar refractivity (Wildman–Crippen MR) is 99.5 cm³/mol. The number of carbonyl (C=O) groups excluding carboxylic acids is 1. The van der Waals surface area contributed by atoms with E-state index in [9.17, 15) is 18.0 Å². The molecular weight excluding hydrogens is 415 g/mol. The maximum absolute atomic E-state index is 13.9. The van der Waals surface area contributed by atoms with Gasteiger partial charge in [0.05, 0.1) is 38.2 Å². The molecule has 1 fully saturated rings. The Morgan fingerprint density at radius 3 is 2.71 bits per heavy atom. The topological polar surface area (TPSA) is 57.0 Å². The van der Waals surface area contributed by atoms with Crippen LogP contribution in [0.2, 0.25) is 4.34 Å². The first kappa shape index (κ1) is 19.2. The highest BCUT2D eigenvalue weighted by molar-refractivity contribution is 7.19. The van der Waals surface area contributed by atoms with E-state index < -0.39 is 17.7 Å². The highest BCUT2D eigenvalue weighted by Crippen LogP contribution is 2.46. The number of ether oxygens (including phenoxy) is 1. The molecule has 0 spiro atoms. The van der Waals surface area contributed by atoms with Gasteiger partial charge in [0.2, 0.25) is 0 Å². The third kappa shape index (κ3) is 3.60. The van der Waals surface area contributed by atoms with E-state index in [0.717, 1.165) is 30.2 Å². The van der Waals surface area contributed by atoms with E-state index in [1.807, 2.05) is 0 Å². The van der Waals surface area contributed by atoms with Crippen molar-refractivity contribution < 1.29 is 22.7 Å². The van der Waals surface area contributed by atoms with E-state index in [-0.39, 0.29) is 35.8 Å². The summed E-state index contributed by atoms with van der Waals surface area (Å²) in [5, 5.41) is 4.28. The van der Waals surface area contributed by atoms with E-state index in [1.165, 1.54) is 4.68 Å². The van der Waals surface area contributed by atoms with Gasteiger partial charge in [-0.25, -0.2) is 9.67 Å². The van der Waals surface area contributed by atoms with Crippen LogP contribution in [0.15, 0.2) is 18.2 Å². The number of halogens is 4. The maximum atomic E-state index is 13.9. The summed E-state index contributed by atoms with van der Waals surface area (Å²) in [4.78, 5) is 16.9. The standard InChI is InChI=1S/C18H15ClF3N3O2S/c1-2-27-14(26)8-25-17-15(16(24-25)9-3-4-9)10(18(20,21)22)7-11(23-17)12-5-6-13(19)28-12/h5-7,9H,2-4,8H2,1H3. The summed E-state index contributed by atoms with van der Waals surface area (Å²) in [6, 6.07) is 4.26. The molecule has 0 saturated heterocycles. The normalized spacial score (nSPS) is 14.6. The number of carbonyl (C=O) groups is 1. The Labute approximate surface area is 167 Å². The molecule has 0 amide bonds. The Kier molecular flexibility index (Phi) is 4.83. The van der Waals surface area contributed by atoms with Crippen LogP contribution in [0.1, 0.15) is 36.9 Å². The molecule has 1 aliphatic rings. The van der Waals surface area contributed by atoms with Crippen molar-refractivity contribution in [2.24, 2.45) is 0 Å². The molecule has 148 valence electrons. The van der Waals surface area contributed by atoms with Gasteiger partial charge in [-0.3, -0.25) is 4.79 Å². The van der Waals surface area contributed by atoms with Crippen molar-refractivity contribution in [2.45, 2.75) is 38.4 Å². The van der Waals surface area contributed by atoms with E-state index in [2.05, 4.69) is 10.1 Å². The summed E-state index contributed by atoms with van der Waals surface area (Å²) in [5.41, 5.74) is -0.280. The van der Waals surface area contributed by atoms with E-state index >= 15 is 0 Å². The number of thiophene rings is 1. The highest BCUT2D eigenvalue weighted by Gasteiger charge is 2.39. The SMILES string of the molecule is CCOC(=O)Cn1nc(C2CC2)c2c(C(F)(F)F)cc(-c3ccc(Cl)s3)nc21. The van der Waals surface area contributed by atoms with Crippen molar-refractivity contribution in [2.75, 3.05) is 6.61 Å². The molecule has 3 heterocycles. The second-order valence-corrected chi connectivity index (χ2v) is 8.19. The van der Waals surface area contributed by atoms with Crippen molar-refractivity contribution in [3.8, 4) is 10.6 Å². The molecule has 0 aromatic carbocycles. The van der Waals surface area contributed by atoms with Crippen LogP contribution in [0.25, 0.3) is 21.6 Å². The number of aromatic nitrogens is 3. The lowest BCUT2D eigenvalue weighted by molar-refractivity contribution is -0.144. The Morgan fingerprint density at radius 1 is 1.39 bits per heavy atom. The van der Waals surface area contributed by atoms with E-state index in [0.29, 0.717) is 14.9 Å². The molecule has 1 saturated carbocycles. The Balaban J connectivity index is 1.95. The van der Waals surface area contributed by atoms with Crippen LogP contribution in [0, 0.1) is 0 Å². The molecular formula is C18H15ClF3N3O2S. The summed E-state index contributed by atoms with van der Waals surface area (Å²) < 4.78 is 48.3. The van der Waals surface area contributed by atoms with Gasteiger partial charge in [0, 0.05) is 5.92 Å². The molecule has 0 N–H and O–H groups in total. The van der Waals surface area contributed by atoms with Crippen molar-refractivity contribution in [1.29, 1.82) is 0 Å². The van der Waals surface area contributed by atoms with Crippen LogP contribution in [0.5, 0.6) is 0 Å². The minimum atomic E-state index is -4.58. The van der Waals surface area contributed by atoms with Gasteiger partial charge in [0.15, 0.2) is 5.65 Å². The summed E-state index contributed by atoms with van der Waals surface area (Å²) in [6.07, 6.45) is -3.05. The number of rotatable bonds is 5. The minimum Gasteiger partial charge on any atom is -0.465 e. The zero-order valence-electron chi connectivity index (χ0n) is 14.7. The largest absolute Gasteiger partial charge is 0.465 e. The monoisotopic (exact) mass is 429 g/mol. The first-order valence-electron chi connectivity index (χ1n) is 8.68. The average molecular weight is 430 g/mol. The first-order valence-corrected chi connectivity index (χ1v) is 9.87. The lowest BCUT2D eigenvalue weighted by Crippen LogP contribution is -2.15. The fourth-order valence-electron chi connectivity index (χ4n) is 3.08. The molecule has 0 aliphatic heterocycles. The molecule has 0 unspecified atom stereocenters. The van der Waals surface area contributed by atoms with Crippen molar-refractivity contribution in [3.63, 3.8) is 0 Å². The second kappa shape index (κ2) is 7.04. The molecule has 3 aromatic rings. The number of esters is 1. The van der Waals surface area contributed by atoms with Gasteiger partial charge >= 0.3 is 12.1 Å². The fraction of sp³-hybridized carbons (Fsp3) is 0.389. The van der Waals surface area contributed by atoms with Crippen LogP contribution >= 0.6 is 22.9 Å². The molecule has 0 radical (unpaired) electrons. The number of hydrogen-bond donors (Lipinski definition) is 0. The fourth-order valence-corrected chi connectivity index (χ4v) is 4.09. The van der Waals surface area contributed by atoms with Crippen molar-refractivity contribution in [1.82, 2.24) is 14.8 Å². The Hall–Kier alpha value is -2.13. The molecule has 10 heteroatoms. The van der Waals surface area contributed by atoms with Gasteiger partial charge < -0.3 is 4.74 Å². The van der Waals surface area contributed by atoms with Gasteiger partial charge in [0.25, 0.3) is 0 Å². The first-order chi connectivity index (χ1) is 13.3. The summed E-state index contributed by atoms with van der Waals surface area (Å²) in [5.74, 6) is -0.620. The molecule has 0 bridgehead atoms. The summed E-state index contributed by atoms with van der Waals surface area (Å²) in [7, 11) is 0. The third-order valence-electron chi connectivity index (χ3n) is 4.41. The zero-order valence-corrected chi connectivity index (χ0v) is 16.3.